The molecule has 176 valence electrons. The lowest BCUT2D eigenvalue weighted by Crippen LogP contribution is -2.38. The van der Waals surface area contributed by atoms with E-state index in [-0.39, 0.29) is 5.91 Å². The first-order valence-corrected chi connectivity index (χ1v) is 12.5. The summed E-state index contributed by atoms with van der Waals surface area (Å²) in [6.07, 6.45) is 2.42. The Morgan fingerprint density at radius 2 is 1.44 bits per heavy atom. The molecule has 0 aromatic heterocycles. The Labute approximate surface area is 203 Å². The van der Waals surface area contributed by atoms with E-state index < -0.39 is 0 Å². The molecule has 5 rings (SSSR count). The van der Waals surface area contributed by atoms with Gasteiger partial charge < -0.3 is 14.5 Å². The van der Waals surface area contributed by atoms with Crippen LogP contribution in [0.15, 0.2) is 84.9 Å². The van der Waals surface area contributed by atoms with Crippen molar-refractivity contribution in [2.75, 3.05) is 39.8 Å². The molecule has 4 nitrogen and oxygen atoms in total. The minimum absolute atomic E-state index is 0.119. The van der Waals surface area contributed by atoms with E-state index in [2.05, 4.69) is 70.5 Å². The maximum absolute atomic E-state index is 13.3. The summed E-state index contributed by atoms with van der Waals surface area (Å²) < 4.78 is 5.26. The molecule has 2 aliphatic rings. The summed E-state index contributed by atoms with van der Waals surface area (Å²) in [6.45, 7) is 4.89. The quantitative estimate of drug-likeness (QED) is 0.498. The lowest BCUT2D eigenvalue weighted by molar-refractivity contribution is 0.0781. The Morgan fingerprint density at radius 1 is 0.824 bits per heavy atom. The number of amides is 1. The Bertz CT molecular complexity index is 1060. The van der Waals surface area contributed by atoms with Crippen LogP contribution in [0, 0.1) is 5.92 Å². The number of rotatable bonds is 6. The average molecular weight is 455 g/mol. The van der Waals surface area contributed by atoms with Crippen molar-refractivity contribution in [3.8, 4) is 5.75 Å². The van der Waals surface area contributed by atoms with Crippen molar-refractivity contribution in [1.82, 2.24) is 9.80 Å². The van der Waals surface area contributed by atoms with E-state index in [0.717, 1.165) is 44.0 Å². The zero-order chi connectivity index (χ0) is 23.3. The predicted molar refractivity (Wildman–Crippen MR) is 136 cm³/mol. The van der Waals surface area contributed by atoms with Crippen molar-refractivity contribution in [1.29, 1.82) is 0 Å². The SMILES string of the molecule is COc1ccc(C(=O)N2CC(CN3CCC(c4ccccc4)CC3)[C@@H](c3ccccc3)C2)cc1. The molecule has 1 amide bonds. The minimum Gasteiger partial charge on any atom is -0.497 e. The number of ether oxygens (including phenoxy) is 1. The second-order valence-corrected chi connectivity index (χ2v) is 9.70. The van der Waals surface area contributed by atoms with Crippen LogP contribution in [-0.4, -0.2) is 55.5 Å². The summed E-state index contributed by atoms with van der Waals surface area (Å²) in [6, 6.07) is 29.2. The second-order valence-electron chi connectivity index (χ2n) is 9.70. The fourth-order valence-electron chi connectivity index (χ4n) is 5.72. The van der Waals surface area contributed by atoms with Gasteiger partial charge in [0.05, 0.1) is 7.11 Å². The van der Waals surface area contributed by atoms with Gasteiger partial charge in [-0.2, -0.15) is 0 Å². The van der Waals surface area contributed by atoms with E-state index in [4.69, 9.17) is 4.74 Å². The summed E-state index contributed by atoms with van der Waals surface area (Å²) in [5, 5.41) is 0. The van der Waals surface area contributed by atoms with Gasteiger partial charge in [0.25, 0.3) is 5.91 Å². The summed E-state index contributed by atoms with van der Waals surface area (Å²) >= 11 is 0. The van der Waals surface area contributed by atoms with Crippen molar-refractivity contribution in [2.45, 2.75) is 24.7 Å². The molecule has 0 N–H and O–H groups in total. The first-order valence-electron chi connectivity index (χ1n) is 12.5. The summed E-state index contributed by atoms with van der Waals surface area (Å²) in [4.78, 5) is 18.0. The highest BCUT2D eigenvalue weighted by Crippen LogP contribution is 2.36. The number of hydrogen-bond donors (Lipinski definition) is 0. The third-order valence-corrected chi connectivity index (χ3v) is 7.64. The molecule has 0 radical (unpaired) electrons. The lowest BCUT2D eigenvalue weighted by Gasteiger charge is -2.34. The molecule has 34 heavy (non-hydrogen) atoms. The number of nitrogens with zero attached hydrogens (tertiary/aromatic N) is 2. The van der Waals surface area contributed by atoms with Crippen LogP contribution in [0.5, 0.6) is 5.75 Å². The van der Waals surface area contributed by atoms with Gasteiger partial charge in [-0.1, -0.05) is 60.7 Å². The number of likely N-dealkylation sites (tertiary alicyclic amines) is 2. The highest BCUT2D eigenvalue weighted by molar-refractivity contribution is 5.94. The molecule has 4 heteroatoms. The van der Waals surface area contributed by atoms with Crippen molar-refractivity contribution in [2.24, 2.45) is 5.92 Å². The van der Waals surface area contributed by atoms with Gasteiger partial charge in [0, 0.05) is 31.1 Å². The second kappa shape index (κ2) is 10.4. The Kier molecular flexibility index (Phi) is 6.96. The molecule has 2 aliphatic heterocycles. The Hall–Kier alpha value is -3.11. The van der Waals surface area contributed by atoms with Crippen LogP contribution in [-0.2, 0) is 0 Å². The van der Waals surface area contributed by atoms with Gasteiger partial charge in [-0.05, 0) is 73.2 Å². The summed E-state index contributed by atoms with van der Waals surface area (Å²) in [7, 11) is 1.65. The smallest absolute Gasteiger partial charge is 0.253 e. The molecule has 0 bridgehead atoms. The van der Waals surface area contributed by atoms with Gasteiger partial charge in [0.15, 0.2) is 0 Å². The predicted octanol–water partition coefficient (Wildman–Crippen LogP) is 5.43. The van der Waals surface area contributed by atoms with Crippen LogP contribution in [0.2, 0.25) is 0 Å². The molecule has 2 saturated heterocycles. The molecule has 0 saturated carbocycles. The fraction of sp³-hybridized carbons (Fsp3) is 0.367. The topological polar surface area (TPSA) is 32.8 Å². The van der Waals surface area contributed by atoms with Crippen LogP contribution >= 0.6 is 0 Å². The number of hydrogen-bond acceptors (Lipinski definition) is 3. The number of piperidine rings is 1. The zero-order valence-electron chi connectivity index (χ0n) is 20.0. The standard InChI is InChI=1S/C30H34N2O2/c1-34-28-14-12-26(13-15-28)30(33)32-21-27(29(22-32)25-10-6-3-7-11-25)20-31-18-16-24(17-19-31)23-8-4-2-5-9-23/h2-15,24,27,29H,16-22H2,1H3/t27?,29-/m1/s1. The summed E-state index contributed by atoms with van der Waals surface area (Å²) in [5.41, 5.74) is 3.55. The molecule has 3 aromatic carbocycles. The molecular weight excluding hydrogens is 420 g/mol. The van der Waals surface area contributed by atoms with Crippen molar-refractivity contribution >= 4 is 5.91 Å². The number of methoxy groups -OCH3 is 1. The number of carbonyl (C=O) groups excluding carboxylic acids is 1. The molecule has 0 aliphatic carbocycles. The van der Waals surface area contributed by atoms with E-state index in [1.807, 2.05) is 24.3 Å². The largest absolute Gasteiger partial charge is 0.497 e. The normalized spacial score (nSPS) is 21.5. The Morgan fingerprint density at radius 3 is 2.06 bits per heavy atom. The van der Waals surface area contributed by atoms with E-state index in [0.29, 0.717) is 17.8 Å². The van der Waals surface area contributed by atoms with Gasteiger partial charge in [-0.15, -0.1) is 0 Å². The molecular formula is C30H34N2O2. The Balaban J connectivity index is 1.27. The minimum atomic E-state index is 0.119. The maximum Gasteiger partial charge on any atom is 0.253 e. The van der Waals surface area contributed by atoms with Gasteiger partial charge in [-0.3, -0.25) is 4.79 Å². The van der Waals surface area contributed by atoms with Crippen LogP contribution in [0.3, 0.4) is 0 Å². The summed E-state index contributed by atoms with van der Waals surface area (Å²) in [5.74, 6) is 2.37. The molecule has 2 heterocycles. The lowest BCUT2D eigenvalue weighted by atomic mass is 9.86. The maximum atomic E-state index is 13.3. The van der Waals surface area contributed by atoms with E-state index in [9.17, 15) is 4.79 Å². The van der Waals surface area contributed by atoms with Crippen LogP contribution in [0.1, 0.15) is 46.2 Å². The monoisotopic (exact) mass is 454 g/mol. The van der Waals surface area contributed by atoms with Crippen molar-refractivity contribution < 1.29 is 9.53 Å². The first kappa shape index (κ1) is 22.7. The third-order valence-electron chi connectivity index (χ3n) is 7.64. The number of carbonyl (C=O) groups is 1. The van der Waals surface area contributed by atoms with E-state index >= 15 is 0 Å². The first-order chi connectivity index (χ1) is 16.7. The molecule has 0 spiro atoms. The third kappa shape index (κ3) is 5.02. The van der Waals surface area contributed by atoms with Gasteiger partial charge in [0.2, 0.25) is 0 Å². The highest BCUT2D eigenvalue weighted by Gasteiger charge is 2.37. The average Bonchev–Trinajstić information content (AvgIpc) is 3.33. The van der Waals surface area contributed by atoms with E-state index in [1.165, 1.54) is 24.0 Å². The van der Waals surface area contributed by atoms with Crippen molar-refractivity contribution in [3.05, 3.63) is 102 Å². The van der Waals surface area contributed by atoms with Crippen LogP contribution in [0.25, 0.3) is 0 Å². The van der Waals surface area contributed by atoms with Gasteiger partial charge in [-0.25, -0.2) is 0 Å². The fourth-order valence-corrected chi connectivity index (χ4v) is 5.72. The van der Waals surface area contributed by atoms with Gasteiger partial charge in [0.1, 0.15) is 5.75 Å². The van der Waals surface area contributed by atoms with Crippen LogP contribution < -0.4 is 4.74 Å². The molecule has 3 aromatic rings. The van der Waals surface area contributed by atoms with E-state index in [1.54, 1.807) is 7.11 Å². The molecule has 1 unspecified atom stereocenters. The number of benzene rings is 3. The van der Waals surface area contributed by atoms with Gasteiger partial charge >= 0.3 is 0 Å². The van der Waals surface area contributed by atoms with Crippen molar-refractivity contribution in [3.63, 3.8) is 0 Å². The molecule has 2 fully saturated rings. The zero-order valence-corrected chi connectivity index (χ0v) is 20.0. The van der Waals surface area contributed by atoms with Crippen LogP contribution in [0.4, 0.5) is 0 Å². The highest BCUT2D eigenvalue weighted by atomic mass is 16.5. The molecule has 2 atom stereocenters.